The largest absolute Gasteiger partial charge is 0.462 e. The van der Waals surface area contributed by atoms with Crippen LogP contribution in [0.25, 0.3) is 16.7 Å². The molecule has 0 saturated carbocycles. The number of anilines is 1. The van der Waals surface area contributed by atoms with Gasteiger partial charge in [-0.15, -0.1) is 0 Å². The summed E-state index contributed by atoms with van der Waals surface area (Å²) in [5, 5.41) is 0.294. The smallest absolute Gasteiger partial charge is 0.344 e. The number of hydrogen-bond donors (Lipinski definition) is 1. The summed E-state index contributed by atoms with van der Waals surface area (Å²) < 4.78 is 8.10. The number of esters is 1. The summed E-state index contributed by atoms with van der Waals surface area (Å²) in [6, 6.07) is 5.10. The highest BCUT2D eigenvalue weighted by Crippen LogP contribution is 2.16. The molecule has 0 saturated heterocycles. The third-order valence-electron chi connectivity index (χ3n) is 3.90. The number of nitrogens with two attached hydrogens (primary N) is 1. The van der Waals surface area contributed by atoms with Crippen molar-refractivity contribution in [3.8, 4) is 0 Å². The van der Waals surface area contributed by atoms with Gasteiger partial charge in [-0.1, -0.05) is 23.7 Å². The van der Waals surface area contributed by atoms with Crippen LogP contribution in [0.3, 0.4) is 0 Å². The molecule has 0 unspecified atom stereocenters. The Bertz CT molecular complexity index is 1070. The second kappa shape index (κ2) is 6.35. The summed E-state index contributed by atoms with van der Waals surface area (Å²) >= 11 is 0. The van der Waals surface area contributed by atoms with Crippen LogP contribution in [-0.4, -0.2) is 22.0 Å². The number of aryl methyl sites for hydroxylation is 1. The molecule has 0 amide bonds. The topological polar surface area (TPSA) is 90.6 Å². The van der Waals surface area contributed by atoms with E-state index in [0.29, 0.717) is 23.2 Å². The van der Waals surface area contributed by atoms with Crippen LogP contribution in [-0.2, 0) is 11.3 Å². The van der Waals surface area contributed by atoms with Crippen molar-refractivity contribution < 1.29 is 14.1 Å². The number of hydrogen-bond acceptors (Lipinski definition) is 5. The van der Waals surface area contributed by atoms with E-state index in [1.807, 2.05) is 13.0 Å². The number of rotatable bonds is 4. The molecule has 25 heavy (non-hydrogen) atoms. The van der Waals surface area contributed by atoms with Gasteiger partial charge < -0.3 is 10.5 Å². The van der Waals surface area contributed by atoms with Gasteiger partial charge in [-0.3, -0.25) is 9.20 Å². The maximum atomic E-state index is 12.9. The molecule has 0 aliphatic rings. The van der Waals surface area contributed by atoms with Crippen LogP contribution < -0.4 is 15.9 Å². The molecule has 0 bridgehead atoms. The van der Waals surface area contributed by atoms with Crippen LogP contribution >= 0.6 is 0 Å². The number of ether oxygens (including phenoxy) is 1. The second-order valence-corrected chi connectivity index (χ2v) is 5.65. The van der Waals surface area contributed by atoms with E-state index in [1.54, 1.807) is 29.8 Å². The number of nitrogen functional groups attached to an aromatic ring is 1. The van der Waals surface area contributed by atoms with Crippen molar-refractivity contribution in [2.45, 2.75) is 20.4 Å². The van der Waals surface area contributed by atoms with Crippen LogP contribution in [0.1, 0.15) is 22.8 Å². The summed E-state index contributed by atoms with van der Waals surface area (Å²) in [7, 11) is 0. The molecule has 3 aromatic heterocycles. The van der Waals surface area contributed by atoms with E-state index < -0.39 is 5.97 Å². The zero-order valence-corrected chi connectivity index (χ0v) is 14.2. The van der Waals surface area contributed by atoms with Crippen LogP contribution in [0.5, 0.6) is 0 Å². The van der Waals surface area contributed by atoms with E-state index in [4.69, 9.17) is 10.5 Å². The molecule has 2 N–H and O–H groups in total. The SMILES string of the molecule is C=CC[n+]1c(N)c(C(=O)OCC)cc2c(=O)n3cc(C)ccc3nc21. The van der Waals surface area contributed by atoms with Gasteiger partial charge >= 0.3 is 5.97 Å². The van der Waals surface area contributed by atoms with Crippen molar-refractivity contribution in [2.24, 2.45) is 0 Å². The first-order valence-corrected chi connectivity index (χ1v) is 7.91. The fraction of sp³-hybridized carbons (Fsp3) is 0.222. The van der Waals surface area contributed by atoms with Gasteiger partial charge in [-0.05, 0) is 31.5 Å². The van der Waals surface area contributed by atoms with Gasteiger partial charge in [0.2, 0.25) is 11.5 Å². The van der Waals surface area contributed by atoms with E-state index in [2.05, 4.69) is 11.6 Å². The fourth-order valence-electron chi connectivity index (χ4n) is 2.74. The van der Waals surface area contributed by atoms with Crippen LogP contribution in [0.2, 0.25) is 0 Å². The zero-order valence-electron chi connectivity index (χ0n) is 14.2. The average Bonchev–Trinajstić information content (AvgIpc) is 2.58. The van der Waals surface area contributed by atoms with Crippen LogP contribution in [0, 0.1) is 6.92 Å². The van der Waals surface area contributed by atoms with Crippen molar-refractivity contribution in [1.29, 1.82) is 0 Å². The van der Waals surface area contributed by atoms with Gasteiger partial charge in [0.1, 0.15) is 10.9 Å². The first kappa shape index (κ1) is 16.6. The van der Waals surface area contributed by atoms with Crippen LogP contribution in [0.15, 0.2) is 41.8 Å². The molecule has 0 fully saturated rings. The molecule has 0 aliphatic carbocycles. The fourth-order valence-corrected chi connectivity index (χ4v) is 2.74. The molecule has 3 heterocycles. The van der Waals surface area contributed by atoms with Crippen molar-refractivity contribution in [3.63, 3.8) is 0 Å². The van der Waals surface area contributed by atoms with Gasteiger partial charge in [0.25, 0.3) is 11.2 Å². The van der Waals surface area contributed by atoms with E-state index in [0.717, 1.165) is 5.56 Å². The predicted octanol–water partition coefficient (Wildman–Crippen LogP) is 1.39. The van der Waals surface area contributed by atoms with Crippen molar-refractivity contribution in [2.75, 3.05) is 12.3 Å². The summed E-state index contributed by atoms with van der Waals surface area (Å²) in [6.45, 7) is 7.83. The quantitative estimate of drug-likeness (QED) is 0.336. The Morgan fingerprint density at radius 1 is 1.48 bits per heavy atom. The van der Waals surface area contributed by atoms with E-state index in [-0.39, 0.29) is 23.5 Å². The summed E-state index contributed by atoms with van der Waals surface area (Å²) in [5.74, 6) is -0.386. The molecule has 3 rings (SSSR count). The molecule has 0 spiro atoms. The van der Waals surface area contributed by atoms with E-state index >= 15 is 0 Å². The van der Waals surface area contributed by atoms with Gasteiger partial charge in [-0.2, -0.15) is 0 Å². The molecule has 128 valence electrons. The zero-order chi connectivity index (χ0) is 18.1. The lowest BCUT2D eigenvalue weighted by molar-refractivity contribution is -0.648. The standard InChI is InChI=1S/C18H18N4O3/c1-4-8-21-15(19)12(18(24)25-5-2)9-13-16(21)20-14-7-6-11(3)10-22(14)17(13)23/h4,6-7,9-10,19H,1,5,8H2,2-3H3/p+1. The highest BCUT2D eigenvalue weighted by molar-refractivity contribution is 5.96. The number of fused-ring (bicyclic) bond motifs is 2. The molecular formula is C18H19N4O3+. The maximum Gasteiger partial charge on any atom is 0.344 e. The highest BCUT2D eigenvalue weighted by Gasteiger charge is 2.24. The maximum absolute atomic E-state index is 12.9. The Balaban J connectivity index is 2.46. The third kappa shape index (κ3) is 2.73. The van der Waals surface area contributed by atoms with Crippen molar-refractivity contribution >= 4 is 28.5 Å². The van der Waals surface area contributed by atoms with E-state index in [9.17, 15) is 9.59 Å². The first-order valence-electron chi connectivity index (χ1n) is 7.91. The number of carbonyl (C=O) groups is 1. The summed E-state index contributed by atoms with van der Waals surface area (Å²) in [5.41, 5.74) is 7.85. The monoisotopic (exact) mass is 339 g/mol. The van der Waals surface area contributed by atoms with Gasteiger partial charge in [0, 0.05) is 6.20 Å². The molecule has 0 aliphatic heterocycles. The van der Waals surface area contributed by atoms with Gasteiger partial charge in [0.15, 0.2) is 0 Å². The summed E-state index contributed by atoms with van der Waals surface area (Å²) in [6.07, 6.45) is 3.34. The molecule has 7 heteroatoms. The third-order valence-corrected chi connectivity index (χ3v) is 3.90. The minimum atomic E-state index is -0.576. The van der Waals surface area contributed by atoms with E-state index in [1.165, 1.54) is 10.5 Å². The molecule has 0 atom stereocenters. The lowest BCUT2D eigenvalue weighted by Gasteiger charge is -2.10. The minimum Gasteiger partial charge on any atom is -0.462 e. The lowest BCUT2D eigenvalue weighted by atomic mass is 10.2. The normalized spacial score (nSPS) is 11.0. The van der Waals surface area contributed by atoms with Crippen LogP contribution in [0.4, 0.5) is 5.82 Å². The number of pyridine rings is 2. The Morgan fingerprint density at radius 2 is 2.24 bits per heavy atom. The molecule has 0 radical (unpaired) electrons. The number of carbonyl (C=O) groups excluding carboxylic acids is 1. The summed E-state index contributed by atoms with van der Waals surface area (Å²) in [4.78, 5) is 29.7. The lowest BCUT2D eigenvalue weighted by Crippen LogP contribution is -2.41. The number of allylic oxidation sites excluding steroid dienone is 1. The molecule has 0 aromatic carbocycles. The predicted molar refractivity (Wildman–Crippen MR) is 94.5 cm³/mol. The average molecular weight is 339 g/mol. The number of nitrogens with zero attached hydrogens (tertiary/aromatic N) is 3. The first-order chi connectivity index (χ1) is 12.0. The highest BCUT2D eigenvalue weighted by atomic mass is 16.5. The number of aromatic nitrogens is 3. The molecule has 3 aromatic rings. The van der Waals surface area contributed by atoms with Crippen molar-refractivity contribution in [3.05, 3.63) is 58.5 Å². The second-order valence-electron chi connectivity index (χ2n) is 5.65. The Morgan fingerprint density at radius 3 is 2.92 bits per heavy atom. The Hall–Kier alpha value is -3.22. The molecule has 7 nitrogen and oxygen atoms in total. The van der Waals surface area contributed by atoms with Crippen molar-refractivity contribution in [1.82, 2.24) is 9.38 Å². The van der Waals surface area contributed by atoms with Gasteiger partial charge in [0.05, 0.1) is 13.2 Å². The minimum absolute atomic E-state index is 0.141. The Kier molecular flexibility index (Phi) is 4.22. The molecular weight excluding hydrogens is 320 g/mol. The van der Waals surface area contributed by atoms with Gasteiger partial charge in [-0.25, -0.2) is 9.36 Å². The Labute approximate surface area is 144 Å².